The summed E-state index contributed by atoms with van der Waals surface area (Å²) in [6.07, 6.45) is 1.33. The Kier molecular flexibility index (Phi) is 10.3. The second-order valence-corrected chi connectivity index (χ2v) is 8.63. The lowest BCUT2D eigenvalue weighted by Crippen LogP contribution is -2.56. The minimum atomic E-state index is -0.999. The van der Waals surface area contributed by atoms with Gasteiger partial charge in [-0.2, -0.15) is 0 Å². The zero-order valence-electron chi connectivity index (χ0n) is 19.3. The Hall–Kier alpha value is -2.94. The fourth-order valence-corrected chi connectivity index (χ4v) is 3.95. The molecule has 0 spiro atoms. The van der Waals surface area contributed by atoms with Crippen LogP contribution >= 0.6 is 0 Å². The van der Waals surface area contributed by atoms with Gasteiger partial charge in [-0.3, -0.25) is 14.4 Å². The number of aliphatic hydroxyl groups excluding tert-OH is 1. The predicted molar refractivity (Wildman–Crippen MR) is 122 cm³/mol. The summed E-state index contributed by atoms with van der Waals surface area (Å²) in [6, 6.07) is 7.86. The highest BCUT2D eigenvalue weighted by Gasteiger charge is 2.33. The Morgan fingerprint density at radius 1 is 1.09 bits per heavy atom. The number of rotatable bonds is 11. The quantitative estimate of drug-likeness (QED) is 0.395. The molecule has 1 fully saturated rings. The first-order valence-corrected chi connectivity index (χ1v) is 11.5. The number of Topliss-reactive ketones (excluding diaryl/α,β-unsaturated/α-hetero) is 1. The molecule has 1 aliphatic heterocycles. The van der Waals surface area contributed by atoms with Gasteiger partial charge in [0.1, 0.15) is 12.6 Å². The predicted octanol–water partition coefficient (Wildman–Crippen LogP) is 1.59. The van der Waals surface area contributed by atoms with E-state index in [4.69, 9.17) is 5.11 Å². The van der Waals surface area contributed by atoms with E-state index in [1.807, 2.05) is 44.2 Å². The van der Waals surface area contributed by atoms with Gasteiger partial charge in [-0.1, -0.05) is 50.6 Å². The SMILES string of the molecule is CC[C@H](C)C(NC(=O)C1CCN(C(=O)O)CC1)C(=O)NC(CCc1ccccc1)C(=O)CO. The van der Waals surface area contributed by atoms with Crippen LogP contribution in [0.15, 0.2) is 30.3 Å². The van der Waals surface area contributed by atoms with Crippen molar-refractivity contribution in [2.75, 3.05) is 19.7 Å². The normalized spacial score (nSPS) is 17.0. The molecule has 1 aromatic rings. The van der Waals surface area contributed by atoms with Gasteiger partial charge in [0, 0.05) is 19.0 Å². The molecule has 1 aromatic carbocycles. The zero-order chi connectivity index (χ0) is 24.4. The number of hydrogen-bond donors (Lipinski definition) is 4. The molecule has 4 N–H and O–H groups in total. The molecule has 0 saturated carbocycles. The maximum Gasteiger partial charge on any atom is 0.407 e. The monoisotopic (exact) mass is 461 g/mol. The van der Waals surface area contributed by atoms with Crippen molar-refractivity contribution in [2.45, 2.75) is 58.0 Å². The molecule has 182 valence electrons. The van der Waals surface area contributed by atoms with Gasteiger partial charge in [0.05, 0.1) is 6.04 Å². The molecule has 0 aromatic heterocycles. The lowest BCUT2D eigenvalue weighted by atomic mass is 9.93. The average Bonchev–Trinajstić information content (AvgIpc) is 2.84. The number of ketones is 1. The van der Waals surface area contributed by atoms with E-state index in [9.17, 15) is 24.3 Å². The molecule has 0 bridgehead atoms. The van der Waals surface area contributed by atoms with Crippen molar-refractivity contribution >= 4 is 23.7 Å². The molecule has 9 heteroatoms. The van der Waals surface area contributed by atoms with Gasteiger partial charge in [-0.25, -0.2) is 4.79 Å². The molecule has 1 heterocycles. The fraction of sp³-hybridized carbons (Fsp3) is 0.583. The highest BCUT2D eigenvalue weighted by Crippen LogP contribution is 2.19. The summed E-state index contributed by atoms with van der Waals surface area (Å²) in [4.78, 5) is 50.6. The highest BCUT2D eigenvalue weighted by atomic mass is 16.4. The Bertz CT molecular complexity index is 808. The lowest BCUT2D eigenvalue weighted by molar-refractivity contribution is -0.135. The molecule has 0 aliphatic carbocycles. The van der Waals surface area contributed by atoms with Gasteiger partial charge in [-0.15, -0.1) is 0 Å². The highest BCUT2D eigenvalue weighted by molar-refractivity contribution is 5.93. The first kappa shape index (κ1) is 26.3. The second kappa shape index (κ2) is 12.9. The Morgan fingerprint density at radius 3 is 2.27 bits per heavy atom. The van der Waals surface area contributed by atoms with Crippen LogP contribution in [0, 0.1) is 11.8 Å². The molecule has 1 saturated heterocycles. The third-order valence-electron chi connectivity index (χ3n) is 6.35. The number of hydrogen-bond acceptors (Lipinski definition) is 5. The fourth-order valence-electron chi connectivity index (χ4n) is 3.95. The number of carboxylic acid groups (broad SMARTS) is 1. The van der Waals surface area contributed by atoms with Crippen molar-refractivity contribution < 1.29 is 29.4 Å². The third kappa shape index (κ3) is 7.85. The number of aliphatic hydroxyl groups is 1. The molecular formula is C24H35N3O6. The van der Waals surface area contributed by atoms with Crippen LogP contribution in [0.1, 0.15) is 45.1 Å². The van der Waals surface area contributed by atoms with Crippen molar-refractivity contribution in [3.05, 3.63) is 35.9 Å². The number of likely N-dealkylation sites (tertiary alicyclic amines) is 1. The number of carbonyl (C=O) groups excluding carboxylic acids is 3. The van der Waals surface area contributed by atoms with E-state index in [2.05, 4.69) is 10.6 Å². The maximum absolute atomic E-state index is 13.1. The number of carbonyl (C=O) groups is 4. The largest absolute Gasteiger partial charge is 0.465 e. The molecule has 2 rings (SSSR count). The van der Waals surface area contributed by atoms with Crippen LogP contribution in [0.2, 0.25) is 0 Å². The molecule has 1 aliphatic rings. The molecule has 3 amide bonds. The van der Waals surface area contributed by atoms with Crippen LogP contribution in [0.5, 0.6) is 0 Å². The van der Waals surface area contributed by atoms with Gasteiger partial charge in [0.25, 0.3) is 0 Å². The van der Waals surface area contributed by atoms with Gasteiger partial charge in [-0.05, 0) is 37.2 Å². The van der Waals surface area contributed by atoms with Gasteiger partial charge in [0.2, 0.25) is 11.8 Å². The molecule has 9 nitrogen and oxygen atoms in total. The number of amides is 3. The van der Waals surface area contributed by atoms with Gasteiger partial charge < -0.3 is 25.7 Å². The first-order chi connectivity index (χ1) is 15.8. The van der Waals surface area contributed by atoms with E-state index in [1.54, 1.807) is 0 Å². The molecule has 3 atom stereocenters. The number of piperidine rings is 1. The maximum atomic E-state index is 13.1. The summed E-state index contributed by atoms with van der Waals surface area (Å²) in [7, 11) is 0. The van der Waals surface area contributed by atoms with Crippen molar-refractivity contribution in [1.29, 1.82) is 0 Å². The smallest absolute Gasteiger partial charge is 0.407 e. The summed E-state index contributed by atoms with van der Waals surface area (Å²) >= 11 is 0. The van der Waals surface area contributed by atoms with E-state index in [0.717, 1.165) is 5.56 Å². The minimum absolute atomic E-state index is 0.174. The zero-order valence-corrected chi connectivity index (χ0v) is 19.3. The Balaban J connectivity index is 2.02. The van der Waals surface area contributed by atoms with E-state index in [-0.39, 0.29) is 30.8 Å². The van der Waals surface area contributed by atoms with Crippen LogP contribution in [-0.2, 0) is 20.8 Å². The summed E-state index contributed by atoms with van der Waals surface area (Å²) in [6.45, 7) is 3.64. The van der Waals surface area contributed by atoms with E-state index < -0.39 is 36.5 Å². The molecule has 33 heavy (non-hydrogen) atoms. The summed E-state index contributed by atoms with van der Waals surface area (Å²) in [5, 5.41) is 24.0. The number of nitrogens with one attached hydrogen (secondary N) is 2. The van der Waals surface area contributed by atoms with Gasteiger partial charge >= 0.3 is 6.09 Å². The van der Waals surface area contributed by atoms with Crippen LogP contribution < -0.4 is 10.6 Å². The van der Waals surface area contributed by atoms with Crippen molar-refractivity contribution in [2.24, 2.45) is 11.8 Å². The summed E-state index contributed by atoms with van der Waals surface area (Å²) in [5.41, 5.74) is 1.02. The molecule has 0 radical (unpaired) electrons. The standard InChI is InChI=1S/C24H35N3O6/c1-3-16(2)21(26-22(30)18-11-13-27(14-12-18)24(32)33)23(31)25-19(20(29)15-28)10-9-17-7-5-4-6-8-17/h4-8,16,18-19,21,28H,3,9-15H2,1-2H3,(H,25,31)(H,26,30)(H,32,33)/t16-,19?,21?/m0/s1. The van der Waals surface area contributed by atoms with E-state index in [0.29, 0.717) is 32.1 Å². The van der Waals surface area contributed by atoms with E-state index in [1.165, 1.54) is 4.90 Å². The third-order valence-corrected chi connectivity index (χ3v) is 6.35. The summed E-state index contributed by atoms with van der Waals surface area (Å²) < 4.78 is 0. The minimum Gasteiger partial charge on any atom is -0.465 e. The Morgan fingerprint density at radius 2 is 1.73 bits per heavy atom. The summed E-state index contributed by atoms with van der Waals surface area (Å²) in [5.74, 6) is -1.76. The van der Waals surface area contributed by atoms with Crippen LogP contribution in [0.25, 0.3) is 0 Å². The topological polar surface area (TPSA) is 136 Å². The van der Waals surface area contributed by atoms with Crippen LogP contribution in [-0.4, -0.2) is 70.6 Å². The number of aryl methyl sites for hydroxylation is 1. The number of benzene rings is 1. The van der Waals surface area contributed by atoms with Crippen LogP contribution in [0.4, 0.5) is 4.79 Å². The van der Waals surface area contributed by atoms with Crippen molar-refractivity contribution in [3.8, 4) is 0 Å². The van der Waals surface area contributed by atoms with Crippen molar-refractivity contribution in [1.82, 2.24) is 15.5 Å². The lowest BCUT2D eigenvalue weighted by Gasteiger charge is -2.31. The molecular weight excluding hydrogens is 426 g/mol. The molecule has 2 unspecified atom stereocenters. The average molecular weight is 462 g/mol. The van der Waals surface area contributed by atoms with Crippen LogP contribution in [0.3, 0.4) is 0 Å². The number of nitrogens with zero attached hydrogens (tertiary/aromatic N) is 1. The second-order valence-electron chi connectivity index (χ2n) is 8.63. The van der Waals surface area contributed by atoms with E-state index >= 15 is 0 Å². The first-order valence-electron chi connectivity index (χ1n) is 11.5. The van der Waals surface area contributed by atoms with Gasteiger partial charge in [0.15, 0.2) is 5.78 Å². The Labute approximate surface area is 194 Å². The van der Waals surface area contributed by atoms with Crippen molar-refractivity contribution in [3.63, 3.8) is 0 Å².